The molecule has 0 saturated carbocycles. The van der Waals surface area contributed by atoms with E-state index in [1.165, 1.54) is 6.08 Å². The van der Waals surface area contributed by atoms with Crippen molar-refractivity contribution in [2.75, 3.05) is 0 Å². The number of H-pyrrole nitrogens is 4. The fourth-order valence-electron chi connectivity index (χ4n) is 11.2. The van der Waals surface area contributed by atoms with E-state index in [1.54, 1.807) is 38.2 Å². The standard InChI is InChI=1S/C33H38N4O6.C33H34N4O6/c2*1-7-20-19(6)32(42)37-27(20)14-25-18(5)23(10-12-31(40)41)29(35-25)15-28-22(9-11-30(38)39)17(4)24(34-28)13-26-16(3)21(8-2)33(43)36-26/h7-8,14-15,19,26,34-35H,2,9-13H2,1,3-6H3,(H,36,43)(H,38,39)(H,40,41);7-8,13-15,34-35H,1-2,9-12H2,3-6H3,(H,37,42)(H,38,39)(H,40,41)/b20-7-,25-14?,29-15?;24-13?,27-14-,28-15-. The Balaban J connectivity index is 0.000000246. The Morgan fingerprint density at radius 1 is 0.523 bits per heavy atom. The minimum Gasteiger partial charge on any atom is -0.481 e. The number of carbonyl (C=O) groups is 8. The number of aliphatic carboxylic acids is 4. The van der Waals surface area contributed by atoms with Gasteiger partial charge in [-0.2, -0.15) is 0 Å². The van der Waals surface area contributed by atoms with Crippen LogP contribution in [-0.4, -0.2) is 105 Å². The van der Waals surface area contributed by atoms with E-state index in [-0.39, 0.29) is 87.0 Å². The summed E-state index contributed by atoms with van der Waals surface area (Å²) >= 11 is 0. The van der Waals surface area contributed by atoms with Gasteiger partial charge in [0, 0.05) is 98.6 Å². The van der Waals surface area contributed by atoms with Gasteiger partial charge in [-0.25, -0.2) is 9.98 Å². The second kappa shape index (κ2) is 26.7. The Labute approximate surface area is 496 Å². The van der Waals surface area contributed by atoms with Crippen LogP contribution in [0, 0.1) is 33.6 Å². The van der Waals surface area contributed by atoms with Crippen molar-refractivity contribution in [3.63, 3.8) is 0 Å². The van der Waals surface area contributed by atoms with Gasteiger partial charge in [0.05, 0.1) is 29.1 Å². The topological polar surface area (TPSA) is 329 Å². The zero-order valence-electron chi connectivity index (χ0n) is 49.8. The molecule has 448 valence electrons. The maximum absolute atomic E-state index is 12.4. The maximum atomic E-state index is 12.4. The molecule has 0 saturated heterocycles. The summed E-state index contributed by atoms with van der Waals surface area (Å²) < 4.78 is 0. The lowest BCUT2D eigenvalue weighted by Crippen LogP contribution is -2.30. The number of aromatic amines is 4. The Bertz CT molecular complexity index is 4130. The molecule has 8 heterocycles. The van der Waals surface area contributed by atoms with Crippen LogP contribution in [0.4, 0.5) is 0 Å². The molecule has 4 aliphatic heterocycles. The molecule has 4 amide bonds. The monoisotopic (exact) mass is 1170 g/mol. The van der Waals surface area contributed by atoms with Gasteiger partial charge in [0.25, 0.3) is 23.6 Å². The van der Waals surface area contributed by atoms with Gasteiger partial charge in [-0.1, -0.05) is 44.0 Å². The average Bonchev–Trinajstić information content (AvgIpc) is 2.80. The third kappa shape index (κ3) is 13.7. The molecular formula is C66H72N8O12. The number of nitrogens with one attached hydrogen (secondary N) is 6. The number of nitrogens with zero attached hydrogens (tertiary/aromatic N) is 2. The van der Waals surface area contributed by atoms with Crippen molar-refractivity contribution >= 4 is 89.3 Å². The lowest BCUT2D eigenvalue weighted by molar-refractivity contribution is -0.138. The van der Waals surface area contributed by atoms with Gasteiger partial charge in [-0.15, -0.1) is 0 Å². The first kappa shape index (κ1) is 63.6. The fraction of sp³-hybridized carbons (Fsp3) is 0.303. The minimum atomic E-state index is -0.941. The molecule has 4 aliphatic rings. The zero-order valence-corrected chi connectivity index (χ0v) is 49.8. The highest BCUT2D eigenvalue weighted by molar-refractivity contribution is 6.31. The van der Waals surface area contributed by atoms with E-state index in [4.69, 9.17) is 0 Å². The van der Waals surface area contributed by atoms with Crippen LogP contribution in [0.5, 0.6) is 0 Å². The Morgan fingerprint density at radius 2 is 1.01 bits per heavy atom. The summed E-state index contributed by atoms with van der Waals surface area (Å²) in [5.74, 6) is -5.00. The highest BCUT2D eigenvalue weighted by Crippen LogP contribution is 2.30. The number of aromatic nitrogens is 4. The van der Waals surface area contributed by atoms with Crippen molar-refractivity contribution in [1.29, 1.82) is 0 Å². The van der Waals surface area contributed by atoms with E-state index in [2.05, 4.69) is 60.3 Å². The summed E-state index contributed by atoms with van der Waals surface area (Å²) in [5, 5.41) is 46.3. The number of rotatable bonds is 22. The van der Waals surface area contributed by atoms with Crippen LogP contribution in [-0.2, 0) is 70.5 Å². The highest BCUT2D eigenvalue weighted by Gasteiger charge is 2.30. The van der Waals surface area contributed by atoms with E-state index < -0.39 is 23.9 Å². The molecule has 0 radical (unpaired) electrons. The Hall–Kier alpha value is -9.98. The number of hydrogen-bond donors (Lipinski definition) is 10. The summed E-state index contributed by atoms with van der Waals surface area (Å²) in [6.07, 6.45) is 16.8. The van der Waals surface area contributed by atoms with Crippen LogP contribution in [0.2, 0.25) is 0 Å². The van der Waals surface area contributed by atoms with E-state index in [1.807, 2.05) is 72.8 Å². The van der Waals surface area contributed by atoms with Crippen molar-refractivity contribution in [2.24, 2.45) is 15.9 Å². The van der Waals surface area contributed by atoms with Gasteiger partial charge in [0.15, 0.2) is 0 Å². The summed E-state index contributed by atoms with van der Waals surface area (Å²) in [5.41, 5.74) is 15.8. The third-order valence-electron chi connectivity index (χ3n) is 16.4. The molecule has 86 heavy (non-hydrogen) atoms. The van der Waals surface area contributed by atoms with Crippen LogP contribution < -0.4 is 32.0 Å². The smallest absolute Gasteiger partial charge is 0.303 e. The quantitative estimate of drug-likeness (QED) is 0.0448. The lowest BCUT2D eigenvalue weighted by Gasteiger charge is -2.12. The van der Waals surface area contributed by atoms with Gasteiger partial charge < -0.3 is 51.0 Å². The number of allylic oxidation sites excluding steroid dienone is 3. The molecule has 2 atom stereocenters. The first-order chi connectivity index (χ1) is 40.7. The molecule has 8 rings (SSSR count). The van der Waals surface area contributed by atoms with Crippen LogP contribution in [0.3, 0.4) is 0 Å². The first-order valence-electron chi connectivity index (χ1n) is 28.1. The summed E-state index contributed by atoms with van der Waals surface area (Å²) in [4.78, 5) is 117. The van der Waals surface area contributed by atoms with Crippen molar-refractivity contribution in [3.8, 4) is 0 Å². The van der Waals surface area contributed by atoms with Crippen molar-refractivity contribution in [3.05, 3.63) is 177 Å². The van der Waals surface area contributed by atoms with E-state index in [9.17, 15) is 58.8 Å². The second-order valence-corrected chi connectivity index (χ2v) is 21.6. The molecule has 4 aromatic rings. The molecule has 0 spiro atoms. The van der Waals surface area contributed by atoms with Crippen LogP contribution in [0.25, 0.3) is 30.4 Å². The van der Waals surface area contributed by atoms with E-state index >= 15 is 0 Å². The molecule has 0 fully saturated rings. The molecular weight excluding hydrogens is 1100 g/mol. The van der Waals surface area contributed by atoms with Gasteiger partial charge in [-0.3, -0.25) is 38.4 Å². The number of aliphatic imine (C=N–C) groups is 2. The molecule has 0 bridgehead atoms. The Kier molecular flexibility index (Phi) is 19.8. The zero-order chi connectivity index (χ0) is 63.2. The summed E-state index contributed by atoms with van der Waals surface area (Å²) in [7, 11) is 0. The minimum absolute atomic E-state index is 0.0640. The van der Waals surface area contributed by atoms with Gasteiger partial charge in [0.1, 0.15) is 0 Å². The van der Waals surface area contributed by atoms with Gasteiger partial charge >= 0.3 is 23.9 Å². The molecule has 0 aromatic carbocycles. The number of carbonyl (C=O) groups excluding carboxylic acids is 4. The fourth-order valence-corrected chi connectivity index (χ4v) is 11.2. The highest BCUT2D eigenvalue weighted by atomic mass is 16.4. The van der Waals surface area contributed by atoms with Crippen molar-refractivity contribution < 1.29 is 58.8 Å². The van der Waals surface area contributed by atoms with Crippen LogP contribution in [0.15, 0.2) is 98.7 Å². The van der Waals surface area contributed by atoms with E-state index in [0.717, 1.165) is 61.3 Å². The number of carboxylic acids is 4. The average molecular weight is 1170 g/mol. The normalized spacial score (nSPS) is 18.7. The van der Waals surface area contributed by atoms with Gasteiger partial charge in [0.2, 0.25) is 0 Å². The molecule has 0 aliphatic carbocycles. The SMILES string of the molecule is C=CC1=C(C)C(C=c2[nH]/c(=C\c3[nH]c(/C=C4\NC(=O)C(C)=C4C=C)c(C)c3CCC(=O)O)c(CCC(=O)O)c2C)=NC1=O.C=CC1=C(C)C(Cc2[nH]c(C=c3[nH]c(=CC4=NC(=O)C(C)/C4=C/C)c(C)c3CCC(=O)O)c(CCC(=O)O)c2C)NC1=O. The predicted octanol–water partition coefficient (Wildman–Crippen LogP) is 5.77. The largest absolute Gasteiger partial charge is 0.481 e. The summed E-state index contributed by atoms with van der Waals surface area (Å²) in [6.45, 7) is 27.9. The molecule has 20 heteroatoms. The van der Waals surface area contributed by atoms with Crippen LogP contribution >= 0.6 is 0 Å². The molecule has 4 aromatic heterocycles. The van der Waals surface area contributed by atoms with Crippen molar-refractivity contribution in [1.82, 2.24) is 30.6 Å². The summed E-state index contributed by atoms with van der Waals surface area (Å²) in [6, 6.07) is -0.226. The predicted molar refractivity (Wildman–Crippen MR) is 329 cm³/mol. The van der Waals surface area contributed by atoms with Gasteiger partial charge in [-0.05, 0) is 180 Å². The number of amides is 4. The molecule has 20 nitrogen and oxygen atoms in total. The number of carboxylic acid groups (broad SMARTS) is 4. The third-order valence-corrected chi connectivity index (χ3v) is 16.4. The lowest BCUT2D eigenvalue weighted by atomic mass is 9.98. The van der Waals surface area contributed by atoms with E-state index in [0.29, 0.717) is 89.9 Å². The molecule has 2 unspecified atom stereocenters. The Morgan fingerprint density at radius 3 is 1.49 bits per heavy atom. The number of hydrogen-bond acceptors (Lipinski definition) is 8. The van der Waals surface area contributed by atoms with Crippen molar-refractivity contribution in [2.45, 2.75) is 126 Å². The maximum Gasteiger partial charge on any atom is 0.303 e. The second-order valence-electron chi connectivity index (χ2n) is 21.6. The first-order valence-corrected chi connectivity index (χ1v) is 28.1. The molecule has 10 N–H and O–H groups in total. The van der Waals surface area contributed by atoms with Crippen LogP contribution in [0.1, 0.15) is 128 Å².